The van der Waals surface area contributed by atoms with Crippen LogP contribution in [0.1, 0.15) is 37.3 Å². The molecule has 0 saturated heterocycles. The van der Waals surface area contributed by atoms with Crippen molar-refractivity contribution in [1.82, 2.24) is 20.2 Å². The Bertz CT molecular complexity index is 1820. The molecule has 1 aliphatic heterocycles. The first kappa shape index (κ1) is 30.1. The fourth-order valence-corrected chi connectivity index (χ4v) is 5.46. The Kier molecular flexibility index (Phi) is 7.94. The van der Waals surface area contributed by atoms with E-state index in [0.717, 1.165) is 0 Å². The van der Waals surface area contributed by atoms with Crippen LogP contribution in [0.2, 0.25) is 0 Å². The van der Waals surface area contributed by atoms with Crippen LogP contribution in [0.3, 0.4) is 0 Å². The minimum atomic E-state index is -4.64. The first-order chi connectivity index (χ1) is 20.3. The molecule has 1 amide bonds. The second-order valence-electron chi connectivity index (χ2n) is 10.1. The van der Waals surface area contributed by atoms with Crippen LogP contribution in [0.25, 0.3) is 21.5 Å². The normalized spacial score (nSPS) is 14.6. The summed E-state index contributed by atoms with van der Waals surface area (Å²) in [5.41, 5.74) is 1.29. The van der Waals surface area contributed by atoms with Crippen LogP contribution in [0, 0.1) is 17.0 Å². The number of carbonyl (C=O) groups is 1. The van der Waals surface area contributed by atoms with Gasteiger partial charge in [0, 0.05) is 23.7 Å². The van der Waals surface area contributed by atoms with Gasteiger partial charge in [-0.15, -0.1) is 11.3 Å². The van der Waals surface area contributed by atoms with Crippen molar-refractivity contribution >= 4 is 33.2 Å². The van der Waals surface area contributed by atoms with E-state index >= 15 is 0 Å². The van der Waals surface area contributed by atoms with E-state index in [-0.39, 0.29) is 51.8 Å². The van der Waals surface area contributed by atoms with E-state index < -0.39 is 39.7 Å². The second-order valence-corrected chi connectivity index (χ2v) is 11.1. The highest BCUT2D eigenvalue weighted by Crippen LogP contribution is 2.42. The molecule has 0 bridgehead atoms. The zero-order valence-corrected chi connectivity index (χ0v) is 23.8. The van der Waals surface area contributed by atoms with Crippen molar-refractivity contribution in [3.05, 3.63) is 69.0 Å². The van der Waals surface area contributed by atoms with Gasteiger partial charge in [0.15, 0.2) is 16.6 Å². The highest BCUT2D eigenvalue weighted by molar-refractivity contribution is 7.19. The number of benzene rings is 2. The van der Waals surface area contributed by atoms with Crippen LogP contribution in [0.15, 0.2) is 46.3 Å². The van der Waals surface area contributed by atoms with Crippen LogP contribution in [-0.4, -0.2) is 40.1 Å². The van der Waals surface area contributed by atoms with Crippen molar-refractivity contribution < 1.29 is 36.2 Å². The lowest BCUT2D eigenvalue weighted by atomic mass is 9.83. The molecule has 0 atom stereocenters. The minimum absolute atomic E-state index is 0.00316. The van der Waals surface area contributed by atoms with Crippen molar-refractivity contribution in [2.75, 3.05) is 13.7 Å². The van der Waals surface area contributed by atoms with Crippen molar-refractivity contribution in [3.63, 3.8) is 0 Å². The van der Waals surface area contributed by atoms with Gasteiger partial charge in [-0.05, 0) is 57.0 Å². The molecule has 2 aromatic heterocycles. The molecule has 1 aliphatic rings. The molecule has 3 heterocycles. The Balaban J connectivity index is 1.26. The highest BCUT2D eigenvalue weighted by Gasteiger charge is 2.41. The molecule has 2 aromatic carbocycles. The smallest absolute Gasteiger partial charge is 0.443 e. The van der Waals surface area contributed by atoms with Crippen LogP contribution >= 0.6 is 11.3 Å². The van der Waals surface area contributed by atoms with Gasteiger partial charge >= 0.3 is 6.18 Å². The molecule has 5 rings (SSSR count). The maximum absolute atomic E-state index is 14.8. The predicted octanol–water partition coefficient (Wildman–Crippen LogP) is 5.54. The van der Waals surface area contributed by atoms with Gasteiger partial charge in [-0.2, -0.15) is 27.8 Å². The molecule has 15 heteroatoms. The summed E-state index contributed by atoms with van der Waals surface area (Å²) >= 11 is 0.456. The number of alkyl halides is 3. The van der Waals surface area contributed by atoms with E-state index in [9.17, 15) is 31.5 Å². The standard InChI is InChI=1S/C28H24F5N5O4S/c1-27(2)24(35-36-25(27)40)15-7-9-17(21(30)20(15)29)42-13-5-4-12-38-19(39)11-8-16(37-38)14-6-10-18(41-3)22-23(14)43-26(34-22)28(31,32)33/h6-11H,4-5,12-13H2,1-3H3,(H,36,40). The number of nitrogens with zero attached hydrogens (tertiary/aromatic N) is 4. The number of ether oxygens (including phenoxy) is 2. The third kappa shape index (κ3) is 5.68. The highest BCUT2D eigenvalue weighted by atomic mass is 32.1. The maximum Gasteiger partial charge on any atom is 0.443 e. The average molecular weight is 622 g/mol. The topological polar surface area (TPSA) is 108 Å². The third-order valence-electron chi connectivity index (χ3n) is 6.86. The van der Waals surface area contributed by atoms with Crippen LogP contribution in [-0.2, 0) is 17.5 Å². The molecule has 1 N–H and O–H groups in total. The van der Waals surface area contributed by atoms with Gasteiger partial charge < -0.3 is 9.47 Å². The lowest BCUT2D eigenvalue weighted by Gasteiger charge is -2.18. The van der Waals surface area contributed by atoms with E-state index in [1.807, 2.05) is 0 Å². The molecule has 0 radical (unpaired) electrons. The number of carbonyl (C=O) groups excluding carboxylic acids is 1. The second kappa shape index (κ2) is 11.4. The van der Waals surface area contributed by atoms with Crippen LogP contribution < -0.4 is 20.5 Å². The number of hydrogen-bond acceptors (Lipinski definition) is 8. The summed E-state index contributed by atoms with van der Waals surface area (Å²) < 4.78 is 81.6. The number of hydrazone groups is 1. The maximum atomic E-state index is 14.8. The van der Waals surface area contributed by atoms with Crippen molar-refractivity contribution in [1.29, 1.82) is 0 Å². The van der Waals surface area contributed by atoms with E-state index in [0.29, 0.717) is 29.7 Å². The van der Waals surface area contributed by atoms with Gasteiger partial charge in [0.2, 0.25) is 5.82 Å². The van der Waals surface area contributed by atoms with Gasteiger partial charge in [0.25, 0.3) is 11.5 Å². The molecule has 226 valence electrons. The average Bonchev–Trinajstić information content (AvgIpc) is 3.53. The number of fused-ring (bicyclic) bond motifs is 1. The zero-order chi connectivity index (χ0) is 31.1. The monoisotopic (exact) mass is 621 g/mol. The summed E-state index contributed by atoms with van der Waals surface area (Å²) in [5, 5.41) is 7.14. The van der Waals surface area contributed by atoms with E-state index in [1.165, 1.54) is 42.1 Å². The quantitative estimate of drug-likeness (QED) is 0.194. The number of aryl methyl sites for hydroxylation is 1. The molecular weight excluding hydrogens is 597 g/mol. The van der Waals surface area contributed by atoms with Gasteiger partial charge in [0.05, 0.1) is 35.2 Å². The van der Waals surface area contributed by atoms with Crippen LogP contribution in [0.5, 0.6) is 11.5 Å². The number of methoxy groups -OCH3 is 1. The van der Waals surface area contributed by atoms with Crippen LogP contribution in [0.4, 0.5) is 22.0 Å². The molecule has 0 unspecified atom stereocenters. The van der Waals surface area contributed by atoms with Crippen molar-refractivity contribution in [2.45, 2.75) is 39.4 Å². The Morgan fingerprint density at radius 3 is 2.37 bits per heavy atom. The summed E-state index contributed by atoms with van der Waals surface area (Å²) in [6, 6.07) is 8.27. The molecular formula is C28H24F5N5O4S. The number of nitrogens with one attached hydrogen (secondary N) is 1. The summed E-state index contributed by atoms with van der Waals surface area (Å²) in [7, 11) is 1.33. The molecule has 0 saturated carbocycles. The fraction of sp³-hybridized carbons (Fsp3) is 0.321. The summed E-state index contributed by atoms with van der Waals surface area (Å²) in [6.07, 6.45) is -3.93. The summed E-state index contributed by atoms with van der Waals surface area (Å²) in [5.74, 6) is -2.99. The SMILES string of the molecule is COc1ccc(-c2ccc(=O)n(CCCCOc3ccc(C4=NNC(=O)C4(C)C)c(F)c3F)n2)c2sc(C(F)(F)F)nc12. The zero-order valence-electron chi connectivity index (χ0n) is 23.0. The summed E-state index contributed by atoms with van der Waals surface area (Å²) in [6.45, 7) is 3.23. The molecule has 4 aromatic rings. The number of halogens is 5. The van der Waals surface area contributed by atoms with E-state index in [1.54, 1.807) is 19.9 Å². The molecule has 0 spiro atoms. The lowest BCUT2D eigenvalue weighted by Crippen LogP contribution is -2.33. The number of amides is 1. The van der Waals surface area contributed by atoms with Gasteiger partial charge in [-0.25, -0.2) is 19.5 Å². The van der Waals surface area contributed by atoms with E-state index in [4.69, 9.17) is 9.47 Å². The Morgan fingerprint density at radius 2 is 1.70 bits per heavy atom. The molecule has 9 nitrogen and oxygen atoms in total. The lowest BCUT2D eigenvalue weighted by molar-refractivity contribution is -0.137. The Labute approximate surface area is 245 Å². The number of unbranched alkanes of at least 4 members (excludes halogenated alkanes) is 1. The Hall–Kier alpha value is -4.40. The third-order valence-corrected chi connectivity index (χ3v) is 8.00. The number of hydrogen-bond donors (Lipinski definition) is 1. The Morgan fingerprint density at radius 1 is 0.977 bits per heavy atom. The van der Waals surface area contributed by atoms with Crippen molar-refractivity contribution in [2.24, 2.45) is 10.5 Å². The van der Waals surface area contributed by atoms with Crippen molar-refractivity contribution in [3.8, 4) is 22.8 Å². The molecule has 43 heavy (non-hydrogen) atoms. The van der Waals surface area contributed by atoms with E-state index in [2.05, 4.69) is 20.6 Å². The predicted molar refractivity (Wildman–Crippen MR) is 148 cm³/mol. The van der Waals surface area contributed by atoms with Gasteiger partial charge in [-0.1, -0.05) is 0 Å². The summed E-state index contributed by atoms with van der Waals surface area (Å²) in [4.78, 5) is 28.1. The molecule has 0 aliphatic carbocycles. The minimum Gasteiger partial charge on any atom is -0.494 e. The number of aromatic nitrogens is 3. The fourth-order valence-electron chi connectivity index (χ4n) is 4.49. The first-order valence-electron chi connectivity index (χ1n) is 13.0. The molecule has 0 fully saturated rings. The largest absolute Gasteiger partial charge is 0.494 e. The first-order valence-corrected chi connectivity index (χ1v) is 13.8. The number of rotatable bonds is 9. The van der Waals surface area contributed by atoms with Gasteiger partial charge in [-0.3, -0.25) is 9.59 Å². The number of thiazole rings is 1. The van der Waals surface area contributed by atoms with Gasteiger partial charge in [0.1, 0.15) is 11.3 Å².